The lowest BCUT2D eigenvalue weighted by molar-refractivity contribution is 0.262. The first-order chi connectivity index (χ1) is 11.2. The molecule has 7 nitrogen and oxygen atoms in total. The number of carbonyl (C=O) groups excluding carboxylic acids is 1. The second-order valence-corrected chi connectivity index (χ2v) is 7.22. The maximum atomic E-state index is 12.0. The van der Waals surface area contributed by atoms with E-state index < -0.39 is 10.0 Å². The molecule has 3 N–H and O–H groups in total. The van der Waals surface area contributed by atoms with Crippen molar-refractivity contribution in [2.45, 2.75) is 0 Å². The van der Waals surface area contributed by atoms with Gasteiger partial charge in [0.2, 0.25) is 10.0 Å². The van der Waals surface area contributed by atoms with Gasteiger partial charge in [-0.25, -0.2) is 13.2 Å². The van der Waals surface area contributed by atoms with Crippen LogP contribution >= 0.6 is 0 Å². The first-order valence-electron chi connectivity index (χ1n) is 7.16. The van der Waals surface area contributed by atoms with E-state index in [0.717, 1.165) is 11.9 Å². The zero-order chi connectivity index (χ0) is 17.7. The molecule has 2 aromatic carbocycles. The zero-order valence-electron chi connectivity index (χ0n) is 13.7. The zero-order valence-corrected chi connectivity index (χ0v) is 14.5. The molecule has 8 heteroatoms. The van der Waals surface area contributed by atoms with Crippen molar-refractivity contribution < 1.29 is 13.2 Å². The van der Waals surface area contributed by atoms with Crippen molar-refractivity contribution in [3.8, 4) is 0 Å². The predicted octanol–water partition coefficient (Wildman–Crippen LogP) is 2.77. The summed E-state index contributed by atoms with van der Waals surface area (Å²) in [5, 5.41) is 5.44. The molecule has 0 saturated heterocycles. The fourth-order valence-electron chi connectivity index (χ4n) is 1.99. The van der Waals surface area contributed by atoms with Crippen molar-refractivity contribution in [3.05, 3.63) is 48.5 Å². The summed E-state index contributed by atoms with van der Waals surface area (Å²) in [4.78, 5) is 14.0. The third-order valence-corrected chi connectivity index (χ3v) is 3.67. The van der Waals surface area contributed by atoms with Gasteiger partial charge < -0.3 is 15.5 Å². The van der Waals surface area contributed by atoms with E-state index in [9.17, 15) is 13.2 Å². The summed E-state index contributed by atoms with van der Waals surface area (Å²) in [5.41, 5.74) is 2.63. The number of nitrogens with one attached hydrogen (secondary N) is 3. The van der Waals surface area contributed by atoms with Gasteiger partial charge in [-0.1, -0.05) is 6.07 Å². The van der Waals surface area contributed by atoms with Crippen molar-refractivity contribution in [2.75, 3.05) is 40.6 Å². The van der Waals surface area contributed by atoms with Crippen LogP contribution in [0.2, 0.25) is 0 Å². The number of sulfonamides is 1. The largest absolute Gasteiger partial charge is 0.378 e. The van der Waals surface area contributed by atoms with Crippen LogP contribution in [0.25, 0.3) is 0 Å². The summed E-state index contributed by atoms with van der Waals surface area (Å²) in [7, 11) is 0.525. The van der Waals surface area contributed by atoms with Crippen LogP contribution in [0.1, 0.15) is 0 Å². The summed E-state index contributed by atoms with van der Waals surface area (Å²) < 4.78 is 24.7. The molecule has 0 saturated carbocycles. The Morgan fingerprint density at radius 3 is 2.08 bits per heavy atom. The normalized spacial score (nSPS) is 10.8. The molecule has 128 valence electrons. The second kappa shape index (κ2) is 7.22. The number of carbonyl (C=O) groups is 1. The monoisotopic (exact) mass is 348 g/mol. The van der Waals surface area contributed by atoms with Crippen LogP contribution in [0.5, 0.6) is 0 Å². The average Bonchev–Trinajstić information content (AvgIpc) is 2.48. The van der Waals surface area contributed by atoms with E-state index in [1.807, 2.05) is 37.2 Å². The Labute approximate surface area is 141 Å². The van der Waals surface area contributed by atoms with Gasteiger partial charge in [-0.3, -0.25) is 4.72 Å². The highest BCUT2D eigenvalue weighted by Gasteiger charge is 2.05. The molecule has 0 aliphatic heterocycles. The molecule has 0 fully saturated rings. The molecule has 24 heavy (non-hydrogen) atoms. The summed E-state index contributed by atoms with van der Waals surface area (Å²) in [6, 6.07) is 13.5. The Morgan fingerprint density at radius 2 is 1.50 bits per heavy atom. The molecule has 0 aromatic heterocycles. The number of hydrogen-bond acceptors (Lipinski definition) is 4. The van der Waals surface area contributed by atoms with Crippen LogP contribution in [0.15, 0.2) is 48.5 Å². The lowest BCUT2D eigenvalue weighted by Crippen LogP contribution is -2.19. The van der Waals surface area contributed by atoms with Gasteiger partial charge >= 0.3 is 6.03 Å². The molecule has 0 unspecified atom stereocenters. The van der Waals surface area contributed by atoms with Gasteiger partial charge in [-0.2, -0.15) is 0 Å². The minimum atomic E-state index is -3.32. The van der Waals surface area contributed by atoms with Crippen LogP contribution in [-0.4, -0.2) is 34.8 Å². The smallest absolute Gasteiger partial charge is 0.323 e. The number of hydrogen-bond donors (Lipinski definition) is 3. The lowest BCUT2D eigenvalue weighted by Gasteiger charge is -2.14. The Balaban J connectivity index is 1.98. The molecule has 0 heterocycles. The summed E-state index contributed by atoms with van der Waals surface area (Å²) in [6.07, 6.45) is 1.08. The van der Waals surface area contributed by atoms with Gasteiger partial charge in [-0.15, -0.1) is 0 Å². The first kappa shape index (κ1) is 17.6. The minimum Gasteiger partial charge on any atom is -0.378 e. The van der Waals surface area contributed by atoms with Crippen molar-refractivity contribution in [2.24, 2.45) is 0 Å². The molecule has 0 aliphatic carbocycles. The van der Waals surface area contributed by atoms with Crippen LogP contribution in [0.4, 0.5) is 27.5 Å². The summed E-state index contributed by atoms with van der Waals surface area (Å²) >= 11 is 0. The summed E-state index contributed by atoms with van der Waals surface area (Å²) in [5.74, 6) is 0. The van der Waals surface area contributed by atoms with Crippen LogP contribution in [0.3, 0.4) is 0 Å². The van der Waals surface area contributed by atoms with Crippen LogP contribution in [-0.2, 0) is 10.0 Å². The van der Waals surface area contributed by atoms with Gasteiger partial charge in [0.05, 0.1) is 6.26 Å². The molecular weight excluding hydrogens is 328 g/mol. The SMILES string of the molecule is CN(C)c1cccc(NC(=O)Nc2ccc(NS(C)(=O)=O)cc2)c1. The maximum Gasteiger partial charge on any atom is 0.323 e. The van der Waals surface area contributed by atoms with E-state index in [2.05, 4.69) is 15.4 Å². The van der Waals surface area contributed by atoms with E-state index in [-0.39, 0.29) is 6.03 Å². The molecule has 2 amide bonds. The van der Waals surface area contributed by atoms with Crippen molar-refractivity contribution in [1.29, 1.82) is 0 Å². The molecule has 2 aromatic rings. The highest BCUT2D eigenvalue weighted by molar-refractivity contribution is 7.92. The number of amides is 2. The van der Waals surface area contributed by atoms with Gasteiger partial charge in [0.25, 0.3) is 0 Å². The fraction of sp³-hybridized carbons (Fsp3) is 0.188. The molecular formula is C16H20N4O3S. The molecule has 0 aliphatic rings. The highest BCUT2D eigenvalue weighted by Crippen LogP contribution is 2.18. The van der Waals surface area contributed by atoms with E-state index in [4.69, 9.17) is 0 Å². The third kappa shape index (κ3) is 5.47. The second-order valence-electron chi connectivity index (χ2n) is 5.48. The molecule has 2 rings (SSSR count). The van der Waals surface area contributed by atoms with E-state index in [0.29, 0.717) is 17.1 Å². The van der Waals surface area contributed by atoms with Gasteiger partial charge in [0.1, 0.15) is 0 Å². The number of urea groups is 1. The van der Waals surface area contributed by atoms with Gasteiger partial charge in [-0.05, 0) is 42.5 Å². The number of benzene rings is 2. The average molecular weight is 348 g/mol. The van der Waals surface area contributed by atoms with Crippen LogP contribution < -0.4 is 20.3 Å². The minimum absolute atomic E-state index is 0.380. The predicted molar refractivity (Wildman–Crippen MR) is 98.3 cm³/mol. The van der Waals surface area contributed by atoms with Crippen LogP contribution in [0, 0.1) is 0 Å². The molecule has 0 atom stereocenters. The maximum absolute atomic E-state index is 12.0. The molecule has 0 radical (unpaired) electrons. The number of anilines is 4. The Kier molecular flexibility index (Phi) is 5.30. The number of nitrogens with zero attached hydrogens (tertiary/aromatic N) is 1. The lowest BCUT2D eigenvalue weighted by atomic mass is 10.2. The Hall–Kier alpha value is -2.74. The van der Waals surface area contributed by atoms with Crippen molar-refractivity contribution >= 4 is 38.8 Å². The van der Waals surface area contributed by atoms with Gasteiger partial charge in [0.15, 0.2) is 0 Å². The first-order valence-corrected chi connectivity index (χ1v) is 9.05. The Morgan fingerprint density at radius 1 is 0.917 bits per heavy atom. The van der Waals surface area contributed by atoms with E-state index in [1.165, 1.54) is 0 Å². The highest BCUT2D eigenvalue weighted by atomic mass is 32.2. The number of rotatable bonds is 5. The van der Waals surface area contributed by atoms with E-state index >= 15 is 0 Å². The quantitative estimate of drug-likeness (QED) is 0.775. The van der Waals surface area contributed by atoms with Gasteiger partial charge in [0, 0.05) is 36.8 Å². The molecule has 0 spiro atoms. The van der Waals surface area contributed by atoms with E-state index in [1.54, 1.807) is 30.3 Å². The standard InChI is InChI=1S/C16H20N4O3S/c1-20(2)15-6-4-5-14(11-15)18-16(21)17-12-7-9-13(10-8-12)19-24(3,22)23/h4-11,19H,1-3H3,(H2,17,18,21). The van der Waals surface area contributed by atoms with Crippen molar-refractivity contribution in [3.63, 3.8) is 0 Å². The van der Waals surface area contributed by atoms with Crippen molar-refractivity contribution in [1.82, 2.24) is 0 Å². The fourth-order valence-corrected chi connectivity index (χ4v) is 2.56. The molecule has 0 bridgehead atoms. The third-order valence-electron chi connectivity index (χ3n) is 3.07. The topological polar surface area (TPSA) is 90.5 Å². The Bertz CT molecular complexity index is 817. The summed E-state index contributed by atoms with van der Waals surface area (Å²) in [6.45, 7) is 0.